The predicted octanol–water partition coefficient (Wildman–Crippen LogP) is 0.350. The topological polar surface area (TPSA) is 123 Å². The van der Waals surface area contributed by atoms with Crippen LogP contribution in [0.3, 0.4) is 0 Å². The molecule has 0 spiro atoms. The van der Waals surface area contributed by atoms with Gasteiger partial charge in [0.15, 0.2) is 0 Å². The lowest BCUT2D eigenvalue weighted by atomic mass is 10.3. The summed E-state index contributed by atoms with van der Waals surface area (Å²) in [4.78, 5) is 14.2. The van der Waals surface area contributed by atoms with Crippen LogP contribution in [0, 0.1) is 10.1 Å². The molecule has 0 amide bonds. The normalized spacial score (nSPS) is 11.1. The van der Waals surface area contributed by atoms with E-state index in [9.17, 15) is 18.5 Å². The molecule has 0 saturated carbocycles. The highest BCUT2D eigenvalue weighted by atomic mass is 32.2. The molecular weight excluding hydrogens is 288 g/mol. The first-order valence-corrected chi connectivity index (χ1v) is 7.60. The van der Waals surface area contributed by atoms with Crippen LogP contribution in [0.15, 0.2) is 12.1 Å². The smallest absolute Gasteiger partial charge is 0.311 e. The van der Waals surface area contributed by atoms with Gasteiger partial charge in [-0.2, -0.15) is 4.98 Å². The van der Waals surface area contributed by atoms with E-state index in [-0.39, 0.29) is 23.9 Å². The lowest BCUT2D eigenvalue weighted by molar-refractivity contribution is -0.384. The van der Waals surface area contributed by atoms with Gasteiger partial charge in [0.2, 0.25) is 21.7 Å². The van der Waals surface area contributed by atoms with Crippen LogP contribution >= 0.6 is 0 Å². The highest BCUT2D eigenvalue weighted by molar-refractivity contribution is 7.88. The van der Waals surface area contributed by atoms with Crippen LogP contribution in [0.4, 0.5) is 11.5 Å². The molecule has 0 aliphatic carbocycles. The Morgan fingerprint density at radius 2 is 2.10 bits per heavy atom. The van der Waals surface area contributed by atoms with Gasteiger partial charge in [-0.05, 0) is 6.42 Å². The molecule has 0 aliphatic heterocycles. The zero-order valence-electron chi connectivity index (χ0n) is 11.1. The Morgan fingerprint density at radius 3 is 2.65 bits per heavy atom. The number of methoxy groups -OCH3 is 1. The van der Waals surface area contributed by atoms with Crippen LogP contribution in [0.1, 0.15) is 6.42 Å². The summed E-state index contributed by atoms with van der Waals surface area (Å²) in [5.74, 6) is 0.348. The Hall–Kier alpha value is -1.94. The van der Waals surface area contributed by atoms with E-state index in [2.05, 4.69) is 15.0 Å². The maximum absolute atomic E-state index is 10.8. The van der Waals surface area contributed by atoms with Gasteiger partial charge in [-0.25, -0.2) is 13.1 Å². The largest absolute Gasteiger partial charge is 0.481 e. The third-order valence-corrected chi connectivity index (χ3v) is 2.99. The quantitative estimate of drug-likeness (QED) is 0.403. The van der Waals surface area contributed by atoms with Crippen molar-refractivity contribution in [3.63, 3.8) is 0 Å². The summed E-state index contributed by atoms with van der Waals surface area (Å²) >= 11 is 0. The van der Waals surface area contributed by atoms with Crippen LogP contribution in [-0.2, 0) is 10.0 Å². The fourth-order valence-corrected chi connectivity index (χ4v) is 1.89. The van der Waals surface area contributed by atoms with Gasteiger partial charge in [-0.15, -0.1) is 0 Å². The molecule has 2 N–H and O–H groups in total. The molecule has 1 rings (SSSR count). The zero-order valence-corrected chi connectivity index (χ0v) is 11.9. The van der Waals surface area contributed by atoms with Gasteiger partial charge in [-0.1, -0.05) is 0 Å². The van der Waals surface area contributed by atoms with Crippen molar-refractivity contribution in [2.45, 2.75) is 6.42 Å². The van der Waals surface area contributed by atoms with Gasteiger partial charge < -0.3 is 10.1 Å². The van der Waals surface area contributed by atoms with Crippen molar-refractivity contribution < 1.29 is 18.1 Å². The number of nitrogens with zero attached hydrogens (tertiary/aromatic N) is 2. The summed E-state index contributed by atoms with van der Waals surface area (Å²) in [6, 6.07) is 2.69. The number of hydrogen-bond acceptors (Lipinski definition) is 7. The molecule has 10 heteroatoms. The van der Waals surface area contributed by atoms with Gasteiger partial charge in [0.25, 0.3) is 0 Å². The summed E-state index contributed by atoms with van der Waals surface area (Å²) in [5, 5.41) is 13.6. The van der Waals surface area contributed by atoms with Crippen LogP contribution in [0.25, 0.3) is 0 Å². The summed E-state index contributed by atoms with van der Waals surface area (Å²) in [5.41, 5.74) is -0.165. The standard InChI is InChI=1S/C10H16N4O5S/c1-19-9-5-4-8(14(15)16)10(13-9)11-6-3-7-12-20(2,17)18/h4-5,12H,3,6-7H2,1-2H3,(H,11,13). The minimum Gasteiger partial charge on any atom is -0.481 e. The number of aromatic nitrogens is 1. The van der Waals surface area contributed by atoms with E-state index in [0.29, 0.717) is 13.0 Å². The van der Waals surface area contributed by atoms with Crippen molar-refractivity contribution >= 4 is 21.5 Å². The molecule has 20 heavy (non-hydrogen) atoms. The maximum atomic E-state index is 10.8. The van der Waals surface area contributed by atoms with E-state index in [0.717, 1.165) is 6.26 Å². The van der Waals surface area contributed by atoms with Crippen molar-refractivity contribution in [2.75, 3.05) is 31.8 Å². The van der Waals surface area contributed by atoms with Gasteiger partial charge in [0.05, 0.1) is 18.3 Å². The predicted molar refractivity (Wildman–Crippen MR) is 73.4 cm³/mol. The number of ether oxygens (including phenoxy) is 1. The number of anilines is 1. The molecule has 0 bridgehead atoms. The Balaban J connectivity index is 2.60. The fourth-order valence-electron chi connectivity index (χ4n) is 1.38. The van der Waals surface area contributed by atoms with E-state index in [1.54, 1.807) is 0 Å². The summed E-state index contributed by atoms with van der Waals surface area (Å²) in [6.07, 6.45) is 1.53. The van der Waals surface area contributed by atoms with Crippen molar-refractivity contribution in [3.05, 3.63) is 22.2 Å². The molecule has 9 nitrogen and oxygen atoms in total. The second kappa shape index (κ2) is 7.01. The molecular formula is C10H16N4O5S. The molecule has 0 saturated heterocycles. The Labute approximate surface area is 116 Å². The second-order valence-electron chi connectivity index (χ2n) is 3.93. The van der Waals surface area contributed by atoms with Gasteiger partial charge >= 0.3 is 5.69 Å². The van der Waals surface area contributed by atoms with Crippen molar-refractivity contribution in [1.29, 1.82) is 0 Å². The van der Waals surface area contributed by atoms with Crippen LogP contribution in [0.5, 0.6) is 5.88 Å². The monoisotopic (exact) mass is 304 g/mol. The maximum Gasteiger partial charge on any atom is 0.311 e. The molecule has 1 aromatic heterocycles. The van der Waals surface area contributed by atoms with E-state index >= 15 is 0 Å². The summed E-state index contributed by atoms with van der Waals surface area (Å²) < 4.78 is 28.9. The molecule has 112 valence electrons. The minimum atomic E-state index is -3.22. The first kappa shape index (κ1) is 16.1. The van der Waals surface area contributed by atoms with Gasteiger partial charge in [0, 0.05) is 25.2 Å². The van der Waals surface area contributed by atoms with E-state index < -0.39 is 14.9 Å². The first-order chi connectivity index (χ1) is 9.33. The molecule has 0 unspecified atom stereocenters. The molecule has 0 atom stereocenters. The number of pyridine rings is 1. The number of nitrogens with one attached hydrogen (secondary N) is 2. The molecule has 1 heterocycles. The lowest BCUT2D eigenvalue weighted by Crippen LogP contribution is -2.24. The van der Waals surface area contributed by atoms with Crippen molar-refractivity contribution in [3.8, 4) is 5.88 Å². The molecule has 0 radical (unpaired) electrons. The Bertz CT molecular complexity index is 575. The zero-order chi connectivity index (χ0) is 15.2. The van der Waals surface area contributed by atoms with E-state index in [1.165, 1.54) is 19.2 Å². The number of hydrogen-bond donors (Lipinski definition) is 2. The molecule has 0 fully saturated rings. The minimum absolute atomic E-state index is 0.0914. The number of rotatable bonds is 8. The second-order valence-corrected chi connectivity index (χ2v) is 5.76. The third-order valence-electron chi connectivity index (χ3n) is 2.26. The van der Waals surface area contributed by atoms with Gasteiger partial charge in [0.1, 0.15) is 0 Å². The SMILES string of the molecule is COc1ccc([N+](=O)[O-])c(NCCCNS(C)(=O)=O)n1. The van der Waals surface area contributed by atoms with Crippen molar-refractivity contribution in [2.24, 2.45) is 0 Å². The highest BCUT2D eigenvalue weighted by Gasteiger charge is 2.15. The van der Waals surface area contributed by atoms with Gasteiger partial charge in [-0.3, -0.25) is 10.1 Å². The van der Waals surface area contributed by atoms with Crippen LogP contribution < -0.4 is 14.8 Å². The Morgan fingerprint density at radius 1 is 1.40 bits per heavy atom. The Kier molecular flexibility index (Phi) is 5.65. The summed E-state index contributed by atoms with van der Waals surface area (Å²) in [7, 11) is -1.81. The average Bonchev–Trinajstić information content (AvgIpc) is 2.36. The molecule has 0 aromatic carbocycles. The average molecular weight is 304 g/mol. The molecule has 1 aromatic rings. The number of sulfonamides is 1. The van der Waals surface area contributed by atoms with E-state index in [1.807, 2.05) is 0 Å². The third kappa shape index (κ3) is 5.36. The number of nitro groups is 1. The first-order valence-electron chi connectivity index (χ1n) is 5.71. The fraction of sp³-hybridized carbons (Fsp3) is 0.500. The molecule has 0 aliphatic rings. The van der Waals surface area contributed by atoms with E-state index in [4.69, 9.17) is 4.74 Å². The summed E-state index contributed by atoms with van der Waals surface area (Å²) in [6.45, 7) is 0.577. The lowest BCUT2D eigenvalue weighted by Gasteiger charge is -2.07. The highest BCUT2D eigenvalue weighted by Crippen LogP contribution is 2.24. The van der Waals surface area contributed by atoms with Crippen LogP contribution in [0.2, 0.25) is 0 Å². The van der Waals surface area contributed by atoms with Crippen LogP contribution in [-0.4, -0.2) is 44.8 Å². The van der Waals surface area contributed by atoms with Crippen molar-refractivity contribution in [1.82, 2.24) is 9.71 Å².